The van der Waals surface area contributed by atoms with Gasteiger partial charge in [-0.25, -0.2) is 13.8 Å². The number of aliphatic imine (C=N–C) groups is 1. The van der Waals surface area contributed by atoms with E-state index in [-0.39, 0.29) is 17.6 Å². The monoisotopic (exact) mass is 419 g/mol. The van der Waals surface area contributed by atoms with Crippen LogP contribution in [0.3, 0.4) is 0 Å². The first-order valence-corrected chi connectivity index (χ1v) is 9.14. The van der Waals surface area contributed by atoms with Crippen LogP contribution in [0, 0.1) is 11.6 Å². The summed E-state index contributed by atoms with van der Waals surface area (Å²) in [7, 11) is 0. The highest BCUT2D eigenvalue weighted by atomic mass is 19.4. The maximum Gasteiger partial charge on any atom is 0.416 e. The van der Waals surface area contributed by atoms with Crippen LogP contribution in [-0.4, -0.2) is 18.5 Å². The lowest BCUT2D eigenvalue weighted by Gasteiger charge is -2.07. The molecule has 30 heavy (non-hydrogen) atoms. The summed E-state index contributed by atoms with van der Waals surface area (Å²) in [4.78, 5) is 3.92. The van der Waals surface area contributed by atoms with Crippen molar-refractivity contribution in [3.8, 4) is 11.1 Å². The molecule has 2 nitrogen and oxygen atoms in total. The average molecular weight is 419 g/mol. The minimum atomic E-state index is -4.27. The standard InChI is InChI=1S/C13H9F3.C10H9F2NO/c14-13(15,16)12-8-6-11(7-9-12)10-4-2-1-3-5-10;1-6-5-13-10(14-6)9-7(11)3-2-4-8(9)12/h1-9H;2-4,6H,5H2,1H3. The normalized spacial score (nSPS) is 15.7. The van der Waals surface area contributed by atoms with E-state index in [2.05, 4.69) is 4.99 Å². The number of rotatable bonds is 2. The Kier molecular flexibility index (Phi) is 6.50. The van der Waals surface area contributed by atoms with Gasteiger partial charge in [0, 0.05) is 0 Å². The van der Waals surface area contributed by atoms with Crippen molar-refractivity contribution in [2.45, 2.75) is 19.2 Å². The van der Waals surface area contributed by atoms with Crippen molar-refractivity contribution in [2.24, 2.45) is 4.99 Å². The Balaban J connectivity index is 0.000000172. The largest absolute Gasteiger partial charge is 0.472 e. The fourth-order valence-electron chi connectivity index (χ4n) is 2.80. The van der Waals surface area contributed by atoms with Crippen molar-refractivity contribution in [1.29, 1.82) is 0 Å². The topological polar surface area (TPSA) is 21.6 Å². The van der Waals surface area contributed by atoms with Gasteiger partial charge in [-0.1, -0.05) is 48.5 Å². The highest BCUT2D eigenvalue weighted by Gasteiger charge is 2.29. The van der Waals surface area contributed by atoms with Gasteiger partial charge >= 0.3 is 6.18 Å². The molecule has 7 heteroatoms. The van der Waals surface area contributed by atoms with Gasteiger partial charge in [0.1, 0.15) is 23.3 Å². The Morgan fingerprint density at radius 1 is 0.800 bits per heavy atom. The zero-order valence-corrected chi connectivity index (χ0v) is 16.0. The summed E-state index contributed by atoms with van der Waals surface area (Å²) in [5.41, 5.74) is 0.911. The average Bonchev–Trinajstić information content (AvgIpc) is 3.14. The van der Waals surface area contributed by atoms with Crippen molar-refractivity contribution in [2.75, 3.05) is 6.54 Å². The second-order valence-electron chi connectivity index (χ2n) is 6.61. The van der Waals surface area contributed by atoms with E-state index in [9.17, 15) is 22.0 Å². The van der Waals surface area contributed by atoms with E-state index < -0.39 is 23.4 Å². The van der Waals surface area contributed by atoms with Crippen LogP contribution >= 0.6 is 0 Å². The number of benzene rings is 3. The predicted molar refractivity (Wildman–Crippen MR) is 105 cm³/mol. The van der Waals surface area contributed by atoms with Crippen molar-refractivity contribution in [3.05, 3.63) is 95.6 Å². The molecule has 1 aliphatic rings. The molecule has 0 saturated carbocycles. The zero-order valence-electron chi connectivity index (χ0n) is 16.0. The molecule has 1 unspecified atom stereocenters. The third-order valence-electron chi connectivity index (χ3n) is 4.30. The molecule has 1 atom stereocenters. The van der Waals surface area contributed by atoms with Crippen molar-refractivity contribution in [3.63, 3.8) is 0 Å². The van der Waals surface area contributed by atoms with E-state index in [1.165, 1.54) is 30.3 Å². The van der Waals surface area contributed by atoms with Gasteiger partial charge in [-0.2, -0.15) is 13.2 Å². The number of nitrogens with zero attached hydrogens (tertiary/aromatic N) is 1. The lowest BCUT2D eigenvalue weighted by molar-refractivity contribution is -0.137. The molecule has 0 aliphatic carbocycles. The number of hydrogen-bond acceptors (Lipinski definition) is 2. The van der Waals surface area contributed by atoms with Gasteiger partial charge in [0.15, 0.2) is 0 Å². The number of alkyl halides is 3. The van der Waals surface area contributed by atoms with Crippen LogP contribution < -0.4 is 0 Å². The molecule has 0 fully saturated rings. The van der Waals surface area contributed by atoms with E-state index in [0.29, 0.717) is 6.54 Å². The highest BCUT2D eigenvalue weighted by molar-refractivity contribution is 5.95. The number of halogens is 5. The molecule has 0 radical (unpaired) electrons. The van der Waals surface area contributed by atoms with E-state index >= 15 is 0 Å². The van der Waals surface area contributed by atoms with Crippen molar-refractivity contribution < 1.29 is 26.7 Å². The van der Waals surface area contributed by atoms with Crippen molar-refractivity contribution in [1.82, 2.24) is 0 Å². The summed E-state index contributed by atoms with van der Waals surface area (Å²) < 4.78 is 68.6. The summed E-state index contributed by atoms with van der Waals surface area (Å²) in [5, 5.41) is 0. The van der Waals surface area contributed by atoms with E-state index in [1.54, 1.807) is 6.92 Å². The molecule has 0 amide bonds. The van der Waals surface area contributed by atoms with Gasteiger partial charge in [-0.05, 0) is 42.3 Å². The second kappa shape index (κ2) is 9.07. The Hall–Kier alpha value is -3.22. The molecule has 1 heterocycles. The molecule has 1 aliphatic heterocycles. The quantitative estimate of drug-likeness (QED) is 0.435. The van der Waals surface area contributed by atoms with E-state index in [4.69, 9.17) is 4.74 Å². The third kappa shape index (κ3) is 5.23. The summed E-state index contributed by atoms with van der Waals surface area (Å²) >= 11 is 0. The molecule has 0 bridgehead atoms. The fraction of sp³-hybridized carbons (Fsp3) is 0.174. The minimum Gasteiger partial charge on any atom is -0.472 e. The van der Waals surface area contributed by atoms with Crippen LogP contribution in [-0.2, 0) is 10.9 Å². The van der Waals surface area contributed by atoms with E-state index in [0.717, 1.165) is 23.3 Å². The molecule has 3 aromatic rings. The van der Waals surface area contributed by atoms with Gasteiger partial charge in [0.25, 0.3) is 0 Å². The van der Waals surface area contributed by atoms with Gasteiger partial charge in [-0.3, -0.25) is 0 Å². The highest BCUT2D eigenvalue weighted by Crippen LogP contribution is 2.30. The van der Waals surface area contributed by atoms with Crippen molar-refractivity contribution >= 4 is 5.90 Å². The first kappa shape index (κ1) is 21.5. The summed E-state index contributed by atoms with van der Waals surface area (Å²) in [6, 6.07) is 18.2. The molecule has 0 N–H and O–H groups in total. The Morgan fingerprint density at radius 2 is 1.37 bits per heavy atom. The summed E-state index contributed by atoms with van der Waals surface area (Å²) in [6.07, 6.45) is -4.38. The Bertz CT molecular complexity index is 994. The lowest BCUT2D eigenvalue weighted by Crippen LogP contribution is -2.11. The molecule has 4 rings (SSSR count). The first-order valence-electron chi connectivity index (χ1n) is 9.14. The van der Waals surface area contributed by atoms with Crippen LogP contribution in [0.1, 0.15) is 18.1 Å². The van der Waals surface area contributed by atoms with Crippen LogP contribution in [0.5, 0.6) is 0 Å². The second-order valence-corrected chi connectivity index (χ2v) is 6.61. The van der Waals surface area contributed by atoms with Gasteiger partial charge in [-0.15, -0.1) is 0 Å². The third-order valence-corrected chi connectivity index (χ3v) is 4.30. The number of hydrogen-bond donors (Lipinski definition) is 0. The predicted octanol–water partition coefficient (Wildman–Crippen LogP) is 6.50. The van der Waals surface area contributed by atoms with Crippen LogP contribution in [0.25, 0.3) is 11.1 Å². The van der Waals surface area contributed by atoms with Crippen LogP contribution in [0.15, 0.2) is 77.8 Å². The van der Waals surface area contributed by atoms with Crippen LogP contribution in [0.2, 0.25) is 0 Å². The first-order chi connectivity index (χ1) is 14.3. The van der Waals surface area contributed by atoms with Gasteiger partial charge < -0.3 is 4.74 Å². The smallest absolute Gasteiger partial charge is 0.416 e. The fourth-order valence-corrected chi connectivity index (χ4v) is 2.80. The molecule has 3 aromatic carbocycles. The van der Waals surface area contributed by atoms with E-state index in [1.807, 2.05) is 30.3 Å². The molecular formula is C23H18F5NO. The Morgan fingerprint density at radius 3 is 1.87 bits per heavy atom. The minimum absolute atomic E-state index is 0.0631. The molecule has 0 saturated heterocycles. The summed E-state index contributed by atoms with van der Waals surface area (Å²) in [5.74, 6) is -1.22. The molecule has 156 valence electrons. The Labute approximate surface area is 170 Å². The molecule has 0 aromatic heterocycles. The maximum absolute atomic E-state index is 13.2. The molecule has 0 spiro atoms. The van der Waals surface area contributed by atoms with Gasteiger partial charge in [0.05, 0.1) is 12.1 Å². The molecular weight excluding hydrogens is 401 g/mol. The van der Waals surface area contributed by atoms with Crippen LogP contribution in [0.4, 0.5) is 22.0 Å². The maximum atomic E-state index is 13.2. The SMILES string of the molecule is CC1CN=C(c2c(F)cccc2F)O1.FC(F)(F)c1ccc(-c2ccccc2)cc1. The lowest BCUT2D eigenvalue weighted by atomic mass is 10.0. The van der Waals surface area contributed by atoms with Gasteiger partial charge in [0.2, 0.25) is 5.90 Å². The number of ether oxygens (including phenoxy) is 1. The summed E-state index contributed by atoms with van der Waals surface area (Å²) in [6.45, 7) is 2.25. The zero-order chi connectivity index (χ0) is 21.7.